The van der Waals surface area contributed by atoms with E-state index in [0.717, 1.165) is 0 Å². The number of aryl methyl sites for hydroxylation is 1. The smallest absolute Gasteiger partial charge is 0.388 e. The normalized spacial score (nSPS) is 11.0. The molecule has 0 spiro atoms. The number of hydrogen-bond acceptors (Lipinski definition) is 3. The van der Waals surface area contributed by atoms with E-state index in [1.54, 1.807) is 6.92 Å². The van der Waals surface area contributed by atoms with Crippen molar-refractivity contribution in [2.75, 3.05) is 0 Å². The maximum Gasteiger partial charge on any atom is 0.574 e. The van der Waals surface area contributed by atoms with Gasteiger partial charge in [0.25, 0.3) is 0 Å². The molecule has 86 valence electrons. The molecule has 0 aliphatic rings. The number of alkyl halides is 3. The lowest BCUT2D eigenvalue weighted by molar-refractivity contribution is -0.276. The van der Waals surface area contributed by atoms with Gasteiger partial charge in [-0.15, -0.1) is 13.2 Å². The average molecular weight is 342 g/mol. The summed E-state index contributed by atoms with van der Waals surface area (Å²) in [6.45, 7) is 1.63. The first kappa shape index (κ1) is 13.0. The van der Waals surface area contributed by atoms with Crippen molar-refractivity contribution >= 4 is 22.6 Å². The predicted molar refractivity (Wildman–Crippen MR) is 57.7 cm³/mol. The Balaban J connectivity index is 3.10. The van der Waals surface area contributed by atoms with Gasteiger partial charge in [0.15, 0.2) is 0 Å². The van der Waals surface area contributed by atoms with E-state index in [0.29, 0.717) is 14.8 Å². The number of pyridine rings is 1. The van der Waals surface area contributed by atoms with Crippen LogP contribution in [0.5, 0.6) is 5.88 Å². The van der Waals surface area contributed by atoms with Gasteiger partial charge in [0, 0.05) is 9.64 Å². The largest absolute Gasteiger partial charge is 0.574 e. The summed E-state index contributed by atoms with van der Waals surface area (Å²) in [6.07, 6.45) is -4.82. The fourth-order valence-electron chi connectivity index (χ4n) is 1.05. The van der Waals surface area contributed by atoms with Crippen LogP contribution in [0.25, 0.3) is 0 Å². The maximum absolute atomic E-state index is 12.0. The molecule has 0 aliphatic carbocycles. The minimum atomic E-state index is -4.77. The fourth-order valence-corrected chi connectivity index (χ4v) is 1.52. The van der Waals surface area contributed by atoms with Crippen LogP contribution < -0.4 is 4.74 Å². The van der Waals surface area contributed by atoms with E-state index in [-0.39, 0.29) is 6.42 Å². The number of nitrogens with zero attached hydrogens (tertiary/aromatic N) is 2. The van der Waals surface area contributed by atoms with Gasteiger partial charge in [0.1, 0.15) is 0 Å². The van der Waals surface area contributed by atoms with Crippen molar-refractivity contribution in [3.8, 4) is 11.9 Å². The molecule has 0 aliphatic heterocycles. The van der Waals surface area contributed by atoms with Crippen LogP contribution in [0, 0.1) is 21.8 Å². The molecule has 7 heteroatoms. The molecule has 1 aromatic rings. The van der Waals surface area contributed by atoms with Crippen molar-refractivity contribution < 1.29 is 17.9 Å². The van der Waals surface area contributed by atoms with Gasteiger partial charge in [-0.1, -0.05) is 0 Å². The minimum absolute atomic E-state index is 0.0474. The molecule has 0 saturated heterocycles. The van der Waals surface area contributed by atoms with Crippen molar-refractivity contribution in [3.05, 3.63) is 20.9 Å². The molecule has 0 fully saturated rings. The highest BCUT2D eigenvalue weighted by Crippen LogP contribution is 2.25. The highest BCUT2D eigenvalue weighted by molar-refractivity contribution is 14.1. The molecule has 0 bridgehead atoms. The first-order chi connectivity index (χ1) is 7.33. The molecule has 1 aromatic heterocycles. The Labute approximate surface area is 103 Å². The van der Waals surface area contributed by atoms with E-state index in [4.69, 9.17) is 5.26 Å². The summed E-state index contributed by atoms with van der Waals surface area (Å²) in [7, 11) is 0. The first-order valence-electron chi connectivity index (χ1n) is 4.12. The molecule has 0 radical (unpaired) electrons. The molecular weight excluding hydrogens is 336 g/mol. The monoisotopic (exact) mass is 342 g/mol. The van der Waals surface area contributed by atoms with Crippen molar-refractivity contribution in [2.45, 2.75) is 19.7 Å². The SMILES string of the molecule is Cc1cc(OC(F)(F)F)nc(CC#N)c1I. The highest BCUT2D eigenvalue weighted by Gasteiger charge is 2.32. The van der Waals surface area contributed by atoms with Gasteiger partial charge in [-0.05, 0) is 35.1 Å². The number of ether oxygens (including phenoxy) is 1. The summed E-state index contributed by atoms with van der Waals surface area (Å²) in [4.78, 5) is 3.64. The second-order valence-electron chi connectivity index (χ2n) is 2.92. The van der Waals surface area contributed by atoms with E-state index in [9.17, 15) is 13.2 Å². The lowest BCUT2D eigenvalue weighted by Crippen LogP contribution is -2.18. The zero-order chi connectivity index (χ0) is 12.3. The quantitative estimate of drug-likeness (QED) is 0.777. The fraction of sp³-hybridized carbons (Fsp3) is 0.333. The number of halogens is 4. The molecule has 0 atom stereocenters. The molecular formula is C9H6F3IN2O. The summed E-state index contributed by atoms with van der Waals surface area (Å²) < 4.78 is 40.3. The van der Waals surface area contributed by atoms with Crippen LogP contribution in [0.2, 0.25) is 0 Å². The molecule has 3 nitrogen and oxygen atoms in total. The molecule has 0 N–H and O–H groups in total. The highest BCUT2D eigenvalue weighted by atomic mass is 127. The lowest BCUT2D eigenvalue weighted by atomic mass is 10.2. The summed E-state index contributed by atoms with van der Waals surface area (Å²) in [6, 6.07) is 3.03. The zero-order valence-electron chi connectivity index (χ0n) is 8.10. The van der Waals surface area contributed by atoms with E-state index < -0.39 is 12.2 Å². The van der Waals surface area contributed by atoms with E-state index >= 15 is 0 Å². The number of nitriles is 1. The number of hydrogen-bond donors (Lipinski definition) is 0. The van der Waals surface area contributed by atoms with E-state index in [1.165, 1.54) is 6.07 Å². The Morgan fingerprint density at radius 1 is 1.56 bits per heavy atom. The van der Waals surface area contributed by atoms with Gasteiger partial charge < -0.3 is 4.74 Å². The molecule has 1 heterocycles. The molecule has 0 saturated carbocycles. The van der Waals surface area contributed by atoms with Gasteiger partial charge in [-0.3, -0.25) is 0 Å². The van der Waals surface area contributed by atoms with E-state index in [1.807, 2.05) is 28.7 Å². The average Bonchev–Trinajstić information content (AvgIpc) is 2.11. The number of aromatic nitrogens is 1. The Hall–Kier alpha value is -1.04. The van der Waals surface area contributed by atoms with Gasteiger partial charge in [-0.25, -0.2) is 4.98 Å². The Morgan fingerprint density at radius 2 is 2.19 bits per heavy atom. The lowest BCUT2D eigenvalue weighted by Gasteiger charge is -2.11. The summed E-state index contributed by atoms with van der Waals surface area (Å²) >= 11 is 1.93. The third kappa shape index (κ3) is 3.52. The Bertz CT molecular complexity index is 440. The standard InChI is InChI=1S/C9H6F3IN2O/c1-5-4-7(16-9(10,11)12)15-6(2-3-14)8(5)13/h4H,2H2,1H3. The van der Waals surface area contributed by atoms with Crippen LogP contribution in [0.1, 0.15) is 11.3 Å². The van der Waals surface area contributed by atoms with Crippen LogP contribution in [0.15, 0.2) is 6.07 Å². The topological polar surface area (TPSA) is 45.9 Å². The summed E-state index contributed by atoms with van der Waals surface area (Å²) in [5.74, 6) is -0.532. The van der Waals surface area contributed by atoms with E-state index in [2.05, 4.69) is 9.72 Å². The second kappa shape index (κ2) is 4.86. The van der Waals surface area contributed by atoms with Crippen molar-refractivity contribution in [1.82, 2.24) is 4.98 Å². The molecule has 16 heavy (non-hydrogen) atoms. The van der Waals surface area contributed by atoms with Gasteiger partial charge in [-0.2, -0.15) is 5.26 Å². The van der Waals surface area contributed by atoms with Gasteiger partial charge >= 0.3 is 6.36 Å². The third-order valence-corrected chi connectivity index (χ3v) is 3.12. The first-order valence-corrected chi connectivity index (χ1v) is 5.20. The second-order valence-corrected chi connectivity index (χ2v) is 4.00. The van der Waals surface area contributed by atoms with Crippen LogP contribution in [-0.2, 0) is 6.42 Å². The van der Waals surface area contributed by atoms with Gasteiger partial charge in [0.2, 0.25) is 5.88 Å². The molecule has 0 unspecified atom stereocenters. The van der Waals surface area contributed by atoms with Gasteiger partial charge in [0.05, 0.1) is 18.2 Å². The maximum atomic E-state index is 12.0. The summed E-state index contributed by atoms with van der Waals surface area (Å²) in [5.41, 5.74) is 0.891. The molecule has 0 aromatic carbocycles. The Kier molecular flexibility index (Phi) is 3.96. The minimum Gasteiger partial charge on any atom is -0.388 e. The Morgan fingerprint density at radius 3 is 2.69 bits per heavy atom. The number of rotatable bonds is 2. The zero-order valence-corrected chi connectivity index (χ0v) is 10.3. The van der Waals surface area contributed by atoms with Crippen LogP contribution in [0.4, 0.5) is 13.2 Å². The van der Waals surface area contributed by atoms with Crippen molar-refractivity contribution in [3.63, 3.8) is 0 Å². The van der Waals surface area contributed by atoms with Crippen LogP contribution in [-0.4, -0.2) is 11.3 Å². The van der Waals surface area contributed by atoms with Crippen LogP contribution >= 0.6 is 22.6 Å². The molecule has 1 rings (SSSR count). The van der Waals surface area contributed by atoms with Crippen molar-refractivity contribution in [2.24, 2.45) is 0 Å². The molecule has 0 amide bonds. The summed E-state index contributed by atoms with van der Waals surface area (Å²) in [5, 5.41) is 8.50. The predicted octanol–water partition coefficient (Wildman–Crippen LogP) is 2.96. The third-order valence-electron chi connectivity index (χ3n) is 1.65. The van der Waals surface area contributed by atoms with Crippen LogP contribution in [0.3, 0.4) is 0 Å². The van der Waals surface area contributed by atoms with Crippen molar-refractivity contribution in [1.29, 1.82) is 5.26 Å².